The van der Waals surface area contributed by atoms with Gasteiger partial charge in [-0.3, -0.25) is 9.88 Å². The average molecular weight is 526 g/mol. The minimum absolute atomic E-state index is 0.183. The lowest BCUT2D eigenvalue weighted by Crippen LogP contribution is -2.42. The number of pyridine rings is 1. The van der Waals surface area contributed by atoms with Gasteiger partial charge in [-0.2, -0.15) is 0 Å². The maximum absolute atomic E-state index is 13.4. The van der Waals surface area contributed by atoms with Gasteiger partial charge in [0.05, 0.1) is 18.5 Å². The van der Waals surface area contributed by atoms with E-state index in [-0.39, 0.29) is 5.25 Å². The Morgan fingerprint density at radius 3 is 2.46 bits per heavy atom. The van der Waals surface area contributed by atoms with Crippen molar-refractivity contribution in [1.82, 2.24) is 19.5 Å². The average Bonchev–Trinajstić information content (AvgIpc) is 2.88. The van der Waals surface area contributed by atoms with E-state index < -0.39 is 10.0 Å². The summed E-state index contributed by atoms with van der Waals surface area (Å²) in [6.07, 6.45) is 13.2. The Balaban J connectivity index is 1.36. The zero-order chi connectivity index (χ0) is 24.8. The third kappa shape index (κ3) is 10.3. The number of nitrogens with zero attached hydrogens (tertiary/aromatic N) is 3. The lowest BCUT2D eigenvalue weighted by molar-refractivity contribution is 0.0369. The van der Waals surface area contributed by atoms with Crippen molar-refractivity contribution in [2.24, 2.45) is 0 Å². The van der Waals surface area contributed by atoms with E-state index in [0.29, 0.717) is 18.2 Å². The van der Waals surface area contributed by atoms with Crippen LogP contribution in [-0.2, 0) is 14.8 Å². The molecule has 35 heavy (non-hydrogen) atoms. The molecule has 1 aromatic rings. The number of ether oxygens (including phenoxy) is 1. The van der Waals surface area contributed by atoms with Gasteiger partial charge in [-0.05, 0) is 63.0 Å². The Bertz CT molecular complexity index is 829. The second-order valence-corrected chi connectivity index (χ2v) is 12.2. The van der Waals surface area contributed by atoms with Gasteiger partial charge < -0.3 is 15.4 Å². The van der Waals surface area contributed by atoms with Gasteiger partial charge in [-0.15, -0.1) is 0 Å². The highest BCUT2D eigenvalue weighted by Crippen LogP contribution is 2.26. The van der Waals surface area contributed by atoms with E-state index in [0.717, 1.165) is 103 Å². The van der Waals surface area contributed by atoms with Gasteiger partial charge in [0.2, 0.25) is 10.0 Å². The summed E-state index contributed by atoms with van der Waals surface area (Å²) in [6.45, 7) is 6.48. The Morgan fingerprint density at radius 2 is 1.71 bits per heavy atom. The minimum atomic E-state index is -3.22. The topological polar surface area (TPSA) is 86.8 Å². The summed E-state index contributed by atoms with van der Waals surface area (Å²) in [5, 5.41) is 6.81. The summed E-state index contributed by atoms with van der Waals surface area (Å²) in [4.78, 5) is 6.38. The summed E-state index contributed by atoms with van der Waals surface area (Å²) in [5.41, 5.74) is 0.922. The zero-order valence-corrected chi connectivity index (χ0v) is 22.6. The number of anilines is 1. The highest BCUT2D eigenvalue weighted by atomic mass is 32.2. The molecular formula is C25H43N5O3S2. The van der Waals surface area contributed by atoms with Crippen molar-refractivity contribution in [3.05, 3.63) is 24.5 Å². The normalized spacial score (nSPS) is 18.0. The second-order valence-electron chi connectivity index (χ2n) is 9.54. The van der Waals surface area contributed by atoms with Crippen LogP contribution in [0.3, 0.4) is 0 Å². The summed E-state index contributed by atoms with van der Waals surface area (Å²) >= 11 is 5.34. The number of hydrogen-bond acceptors (Lipinski definition) is 6. The molecule has 1 saturated carbocycles. The van der Waals surface area contributed by atoms with Crippen molar-refractivity contribution < 1.29 is 13.2 Å². The van der Waals surface area contributed by atoms with E-state index in [1.54, 1.807) is 12.4 Å². The van der Waals surface area contributed by atoms with Crippen molar-refractivity contribution in [3.63, 3.8) is 0 Å². The molecule has 2 aliphatic rings. The Hall–Kier alpha value is -1.33. The van der Waals surface area contributed by atoms with Gasteiger partial charge in [0.1, 0.15) is 0 Å². The number of morpholine rings is 1. The minimum Gasteiger partial charge on any atom is -0.379 e. The molecule has 0 atom stereocenters. The summed E-state index contributed by atoms with van der Waals surface area (Å²) < 4.78 is 34.1. The Kier molecular flexibility index (Phi) is 12.7. The third-order valence-electron chi connectivity index (χ3n) is 6.88. The molecule has 0 bridgehead atoms. The maximum Gasteiger partial charge on any atom is 0.216 e. The SMILES string of the molecule is O=S(=O)(C1CCCCC1)N(CCCCCCNC(=S)Nc1ccncc1)CCCN1CCOCC1. The zero-order valence-electron chi connectivity index (χ0n) is 21.0. The standard InChI is InChI=1S/C25H43N5O3S2/c31-35(32,24-9-4-3-5-10-24)30(18-8-16-29-19-21-33-22-20-29)17-7-2-1-6-13-27-25(34)28-23-11-14-26-15-12-23/h11-12,14-15,24H,1-10,13,16-22H2,(H2,26,27,28,34). The summed E-state index contributed by atoms with van der Waals surface area (Å²) in [5.74, 6) is 0. The number of aromatic nitrogens is 1. The highest BCUT2D eigenvalue weighted by molar-refractivity contribution is 7.89. The largest absolute Gasteiger partial charge is 0.379 e. The van der Waals surface area contributed by atoms with Gasteiger partial charge in [0.25, 0.3) is 0 Å². The molecule has 0 aromatic carbocycles. The van der Waals surface area contributed by atoms with Crippen LogP contribution in [0.15, 0.2) is 24.5 Å². The molecule has 8 nitrogen and oxygen atoms in total. The van der Waals surface area contributed by atoms with Crippen LogP contribution in [0.25, 0.3) is 0 Å². The van der Waals surface area contributed by atoms with Gasteiger partial charge in [0, 0.05) is 50.8 Å². The molecule has 10 heteroatoms. The van der Waals surface area contributed by atoms with Crippen molar-refractivity contribution in [1.29, 1.82) is 0 Å². The molecule has 198 valence electrons. The van der Waals surface area contributed by atoms with Gasteiger partial charge in [0.15, 0.2) is 5.11 Å². The lowest BCUT2D eigenvalue weighted by atomic mass is 10.0. The number of nitrogens with one attached hydrogen (secondary N) is 2. The molecule has 0 spiro atoms. The number of rotatable bonds is 14. The van der Waals surface area contributed by atoms with Gasteiger partial charge >= 0.3 is 0 Å². The van der Waals surface area contributed by atoms with Crippen molar-refractivity contribution in [3.8, 4) is 0 Å². The molecule has 2 N–H and O–H groups in total. The molecule has 1 aliphatic heterocycles. The molecule has 3 rings (SSSR count). The monoisotopic (exact) mass is 525 g/mol. The quantitative estimate of drug-likeness (QED) is 0.281. The van der Waals surface area contributed by atoms with E-state index in [9.17, 15) is 8.42 Å². The molecule has 2 heterocycles. The first kappa shape index (κ1) is 28.2. The molecule has 1 aromatic heterocycles. The fourth-order valence-corrected chi connectivity index (χ4v) is 7.15. The number of hydrogen-bond donors (Lipinski definition) is 2. The number of unbranched alkanes of at least 4 members (excludes halogenated alkanes) is 3. The molecule has 0 unspecified atom stereocenters. The number of thiocarbonyl (C=S) groups is 1. The van der Waals surface area contributed by atoms with Crippen LogP contribution in [-0.4, -0.2) is 85.5 Å². The first-order valence-electron chi connectivity index (χ1n) is 13.3. The molecular weight excluding hydrogens is 482 g/mol. The van der Waals surface area contributed by atoms with Crippen molar-refractivity contribution in [2.45, 2.75) is 69.5 Å². The van der Waals surface area contributed by atoms with Gasteiger partial charge in [-0.25, -0.2) is 12.7 Å². The lowest BCUT2D eigenvalue weighted by Gasteiger charge is -2.31. The van der Waals surface area contributed by atoms with Crippen LogP contribution in [0.5, 0.6) is 0 Å². The van der Waals surface area contributed by atoms with E-state index in [2.05, 4.69) is 20.5 Å². The summed E-state index contributed by atoms with van der Waals surface area (Å²) in [7, 11) is -3.22. The van der Waals surface area contributed by atoms with Crippen LogP contribution in [0.4, 0.5) is 5.69 Å². The van der Waals surface area contributed by atoms with E-state index in [4.69, 9.17) is 17.0 Å². The van der Waals surface area contributed by atoms with Crippen LogP contribution in [0.1, 0.15) is 64.2 Å². The van der Waals surface area contributed by atoms with E-state index in [1.807, 2.05) is 16.4 Å². The fraction of sp³-hybridized carbons (Fsp3) is 0.760. The fourth-order valence-electron chi connectivity index (χ4n) is 4.81. The van der Waals surface area contributed by atoms with Crippen molar-refractivity contribution in [2.75, 3.05) is 57.8 Å². The molecule has 2 fully saturated rings. The summed E-state index contributed by atoms with van der Waals surface area (Å²) in [6, 6.07) is 3.75. The molecule has 0 amide bonds. The van der Waals surface area contributed by atoms with Crippen LogP contribution in [0, 0.1) is 0 Å². The molecule has 1 saturated heterocycles. The molecule has 1 aliphatic carbocycles. The van der Waals surface area contributed by atoms with E-state index >= 15 is 0 Å². The number of sulfonamides is 1. The van der Waals surface area contributed by atoms with E-state index in [1.165, 1.54) is 6.42 Å². The Labute approximate surface area is 217 Å². The van der Waals surface area contributed by atoms with Gasteiger partial charge in [-0.1, -0.05) is 32.1 Å². The van der Waals surface area contributed by atoms with Crippen LogP contribution < -0.4 is 10.6 Å². The smallest absolute Gasteiger partial charge is 0.216 e. The first-order valence-corrected chi connectivity index (χ1v) is 15.2. The first-order chi connectivity index (χ1) is 17.1. The predicted molar refractivity (Wildman–Crippen MR) is 146 cm³/mol. The van der Waals surface area contributed by atoms with Crippen molar-refractivity contribution >= 4 is 33.0 Å². The maximum atomic E-state index is 13.4. The van der Waals surface area contributed by atoms with Crippen LogP contribution in [0.2, 0.25) is 0 Å². The van der Waals surface area contributed by atoms with Crippen LogP contribution >= 0.6 is 12.2 Å². The third-order valence-corrected chi connectivity index (χ3v) is 9.52. The highest BCUT2D eigenvalue weighted by Gasteiger charge is 2.32. The molecule has 0 radical (unpaired) electrons. The Morgan fingerprint density at radius 1 is 1.03 bits per heavy atom. The second kappa shape index (κ2) is 15.7. The predicted octanol–water partition coefficient (Wildman–Crippen LogP) is 3.62.